The van der Waals surface area contributed by atoms with E-state index in [1.54, 1.807) is 0 Å². The minimum absolute atomic E-state index is 0.105. The topological polar surface area (TPSA) is 55.1 Å². The smallest absolute Gasteiger partial charge is 0.222 e. The van der Waals surface area contributed by atoms with Gasteiger partial charge in [-0.3, -0.25) is 4.79 Å². The molecule has 0 spiro atoms. The lowest BCUT2D eigenvalue weighted by Gasteiger charge is -2.15. The van der Waals surface area contributed by atoms with Crippen LogP contribution >= 0.6 is 11.6 Å². The Labute approximate surface area is 93.6 Å². The van der Waals surface area contributed by atoms with Crippen molar-refractivity contribution < 1.29 is 4.79 Å². The first-order chi connectivity index (χ1) is 7.18. The van der Waals surface area contributed by atoms with Gasteiger partial charge in [-0.25, -0.2) is 0 Å². The molecule has 1 heterocycles. The summed E-state index contributed by atoms with van der Waals surface area (Å²) in [5, 5.41) is 3.89. The van der Waals surface area contributed by atoms with Crippen LogP contribution in [0.15, 0.2) is 24.3 Å². The molecule has 0 unspecified atom stereocenters. The maximum absolute atomic E-state index is 11.2. The molecule has 0 saturated carbocycles. The van der Waals surface area contributed by atoms with Crippen LogP contribution in [0.25, 0.3) is 0 Å². The van der Waals surface area contributed by atoms with Crippen molar-refractivity contribution in [2.45, 2.75) is 5.92 Å². The predicted molar refractivity (Wildman–Crippen MR) is 59.7 cm³/mol. The van der Waals surface area contributed by atoms with E-state index in [0.29, 0.717) is 11.6 Å². The van der Waals surface area contributed by atoms with Crippen LogP contribution in [-0.4, -0.2) is 19.0 Å². The summed E-state index contributed by atoms with van der Waals surface area (Å²) in [5.41, 5.74) is 6.47. The molecular weight excluding hydrogens is 212 g/mol. The van der Waals surface area contributed by atoms with Gasteiger partial charge in [0.25, 0.3) is 0 Å². The number of rotatable bonds is 2. The molecule has 3 nitrogen and oxygen atoms in total. The van der Waals surface area contributed by atoms with Crippen LogP contribution < -0.4 is 11.1 Å². The molecule has 2 atom stereocenters. The van der Waals surface area contributed by atoms with Gasteiger partial charge in [0.15, 0.2) is 0 Å². The van der Waals surface area contributed by atoms with Crippen molar-refractivity contribution in [3.8, 4) is 0 Å². The summed E-state index contributed by atoms with van der Waals surface area (Å²) in [6, 6.07) is 7.59. The lowest BCUT2D eigenvalue weighted by molar-refractivity contribution is -0.121. The molecule has 3 N–H and O–H groups in total. The van der Waals surface area contributed by atoms with Gasteiger partial charge < -0.3 is 11.1 Å². The van der Waals surface area contributed by atoms with E-state index in [2.05, 4.69) is 5.32 Å². The molecule has 15 heavy (non-hydrogen) atoms. The molecular formula is C11H13ClN2O. The van der Waals surface area contributed by atoms with E-state index in [0.717, 1.165) is 12.1 Å². The van der Waals surface area contributed by atoms with E-state index in [-0.39, 0.29) is 17.7 Å². The summed E-state index contributed by atoms with van der Waals surface area (Å²) in [7, 11) is 0. The average molecular weight is 225 g/mol. The van der Waals surface area contributed by atoms with Crippen LogP contribution in [0.4, 0.5) is 0 Å². The first-order valence-electron chi connectivity index (χ1n) is 4.94. The highest BCUT2D eigenvalue weighted by Crippen LogP contribution is 2.28. The number of nitrogens with one attached hydrogen (secondary N) is 1. The number of primary amides is 1. The summed E-state index contributed by atoms with van der Waals surface area (Å²) in [6.07, 6.45) is 0. The Kier molecular flexibility index (Phi) is 2.93. The molecule has 1 saturated heterocycles. The van der Waals surface area contributed by atoms with E-state index in [4.69, 9.17) is 17.3 Å². The molecule has 80 valence electrons. The third-order valence-corrected chi connectivity index (χ3v) is 3.13. The van der Waals surface area contributed by atoms with Gasteiger partial charge in [0.05, 0.1) is 5.92 Å². The summed E-state index contributed by atoms with van der Waals surface area (Å²) >= 11 is 5.81. The van der Waals surface area contributed by atoms with E-state index in [1.807, 2.05) is 24.3 Å². The maximum Gasteiger partial charge on any atom is 0.222 e. The maximum atomic E-state index is 11.2. The number of hydrogen-bond acceptors (Lipinski definition) is 2. The molecule has 1 aromatic carbocycles. The molecule has 1 amide bonds. The van der Waals surface area contributed by atoms with Gasteiger partial charge in [-0.15, -0.1) is 0 Å². The van der Waals surface area contributed by atoms with Gasteiger partial charge in [-0.2, -0.15) is 0 Å². The monoisotopic (exact) mass is 224 g/mol. The van der Waals surface area contributed by atoms with Crippen LogP contribution in [0, 0.1) is 5.92 Å². The molecule has 2 rings (SSSR count). The third-order valence-electron chi connectivity index (χ3n) is 2.88. The summed E-state index contributed by atoms with van der Waals surface area (Å²) in [4.78, 5) is 11.2. The zero-order valence-electron chi connectivity index (χ0n) is 8.24. The van der Waals surface area contributed by atoms with E-state index in [1.165, 1.54) is 0 Å². The Morgan fingerprint density at radius 1 is 1.33 bits per heavy atom. The second kappa shape index (κ2) is 4.21. The molecule has 0 aromatic heterocycles. The fourth-order valence-electron chi connectivity index (χ4n) is 2.04. The minimum atomic E-state index is -0.236. The van der Waals surface area contributed by atoms with E-state index < -0.39 is 0 Å². The Morgan fingerprint density at radius 3 is 2.60 bits per heavy atom. The number of halogens is 1. The number of benzene rings is 1. The Morgan fingerprint density at radius 2 is 2.00 bits per heavy atom. The lowest BCUT2D eigenvalue weighted by Crippen LogP contribution is -2.28. The van der Waals surface area contributed by atoms with Crippen molar-refractivity contribution in [3.63, 3.8) is 0 Å². The van der Waals surface area contributed by atoms with E-state index in [9.17, 15) is 4.79 Å². The second-order valence-electron chi connectivity index (χ2n) is 3.83. The van der Waals surface area contributed by atoms with Crippen molar-refractivity contribution in [2.24, 2.45) is 11.7 Å². The van der Waals surface area contributed by atoms with Crippen LogP contribution in [-0.2, 0) is 4.79 Å². The largest absolute Gasteiger partial charge is 0.369 e. The van der Waals surface area contributed by atoms with Gasteiger partial charge in [-0.05, 0) is 17.7 Å². The molecule has 0 aliphatic carbocycles. The van der Waals surface area contributed by atoms with Gasteiger partial charge >= 0.3 is 0 Å². The van der Waals surface area contributed by atoms with Crippen LogP contribution in [0.3, 0.4) is 0 Å². The quantitative estimate of drug-likeness (QED) is 0.791. The number of carbonyl (C=O) groups excluding carboxylic acids is 1. The highest BCUT2D eigenvalue weighted by molar-refractivity contribution is 6.30. The van der Waals surface area contributed by atoms with Crippen LogP contribution in [0.5, 0.6) is 0 Å². The number of amides is 1. The van der Waals surface area contributed by atoms with Gasteiger partial charge in [0.2, 0.25) is 5.91 Å². The number of hydrogen-bond donors (Lipinski definition) is 2. The number of nitrogens with two attached hydrogens (primary N) is 1. The fraction of sp³-hybridized carbons (Fsp3) is 0.364. The standard InChI is InChI=1S/C11H13ClN2O/c12-8-3-1-7(2-4-8)9-5-14-6-10(9)11(13)15/h1-4,9-10,14H,5-6H2,(H2,13,15)/t9-,10+/m1/s1. The Bertz CT molecular complexity index is 363. The van der Waals surface area contributed by atoms with Crippen molar-refractivity contribution >= 4 is 17.5 Å². The highest BCUT2D eigenvalue weighted by Gasteiger charge is 2.32. The van der Waals surface area contributed by atoms with Crippen molar-refractivity contribution in [1.29, 1.82) is 0 Å². The van der Waals surface area contributed by atoms with Gasteiger partial charge in [0.1, 0.15) is 0 Å². The summed E-state index contributed by atoms with van der Waals surface area (Å²) < 4.78 is 0. The van der Waals surface area contributed by atoms with E-state index >= 15 is 0 Å². The summed E-state index contributed by atoms with van der Waals surface area (Å²) in [5.74, 6) is -0.161. The average Bonchev–Trinajstić information content (AvgIpc) is 2.67. The molecule has 1 aliphatic heterocycles. The van der Waals surface area contributed by atoms with Gasteiger partial charge in [0, 0.05) is 24.0 Å². The van der Waals surface area contributed by atoms with Crippen molar-refractivity contribution in [1.82, 2.24) is 5.32 Å². The fourth-order valence-corrected chi connectivity index (χ4v) is 2.16. The second-order valence-corrected chi connectivity index (χ2v) is 4.26. The van der Waals surface area contributed by atoms with Crippen LogP contribution in [0.2, 0.25) is 5.02 Å². The summed E-state index contributed by atoms with van der Waals surface area (Å²) in [6.45, 7) is 1.47. The molecule has 0 bridgehead atoms. The SMILES string of the molecule is NC(=O)[C@H]1CNC[C@@H]1c1ccc(Cl)cc1. The minimum Gasteiger partial charge on any atom is -0.369 e. The van der Waals surface area contributed by atoms with Crippen molar-refractivity contribution in [3.05, 3.63) is 34.9 Å². The first-order valence-corrected chi connectivity index (χ1v) is 5.32. The molecule has 4 heteroatoms. The first kappa shape index (κ1) is 10.5. The molecule has 1 aliphatic rings. The normalized spacial score (nSPS) is 25.4. The van der Waals surface area contributed by atoms with Gasteiger partial charge in [-0.1, -0.05) is 23.7 Å². The van der Waals surface area contributed by atoms with Crippen molar-refractivity contribution in [2.75, 3.05) is 13.1 Å². The zero-order chi connectivity index (χ0) is 10.8. The molecule has 1 fully saturated rings. The lowest BCUT2D eigenvalue weighted by atomic mass is 9.88. The zero-order valence-corrected chi connectivity index (χ0v) is 9.00. The Balaban J connectivity index is 2.22. The predicted octanol–water partition coefficient (Wildman–Crippen LogP) is 1.13. The van der Waals surface area contributed by atoms with Crippen LogP contribution in [0.1, 0.15) is 11.5 Å². The third kappa shape index (κ3) is 2.13. The Hall–Kier alpha value is -1.06. The highest BCUT2D eigenvalue weighted by atomic mass is 35.5. The number of carbonyl (C=O) groups is 1. The molecule has 0 radical (unpaired) electrons. The molecule has 1 aromatic rings.